The van der Waals surface area contributed by atoms with Crippen molar-refractivity contribution in [3.63, 3.8) is 0 Å². The molecule has 1 atom stereocenters. The molecule has 1 fully saturated rings. The van der Waals surface area contributed by atoms with Crippen LogP contribution >= 0.6 is 0 Å². The molecule has 0 bridgehead atoms. The molecule has 7 heteroatoms. The highest BCUT2D eigenvalue weighted by Crippen LogP contribution is 2.27. The van der Waals surface area contributed by atoms with Gasteiger partial charge in [-0.2, -0.15) is 0 Å². The first-order valence-electron chi connectivity index (χ1n) is 8.20. The van der Waals surface area contributed by atoms with Crippen LogP contribution in [-0.2, 0) is 11.2 Å². The first kappa shape index (κ1) is 16.3. The molecule has 0 spiro atoms. The maximum atomic E-state index is 10.8. The van der Waals surface area contributed by atoms with Crippen LogP contribution in [0.5, 0.6) is 0 Å². The molecule has 0 unspecified atom stereocenters. The Hall–Kier alpha value is -2.57. The Morgan fingerprint density at radius 2 is 2.12 bits per heavy atom. The summed E-state index contributed by atoms with van der Waals surface area (Å²) in [6.45, 7) is 3.62. The van der Waals surface area contributed by atoms with Crippen molar-refractivity contribution in [2.45, 2.75) is 38.5 Å². The largest absolute Gasteiger partial charge is 0.481 e. The van der Waals surface area contributed by atoms with E-state index in [1.165, 1.54) is 0 Å². The second kappa shape index (κ2) is 7.33. The van der Waals surface area contributed by atoms with Crippen LogP contribution in [0.15, 0.2) is 24.5 Å². The highest BCUT2D eigenvalue weighted by molar-refractivity contribution is 5.66. The topological polar surface area (TPSA) is 92.1 Å². The number of nitrogens with zero attached hydrogens (tertiary/aromatic N) is 5. The number of hydrogen-bond donors (Lipinski definition) is 1. The molecule has 1 saturated heterocycles. The smallest absolute Gasteiger partial charge is 0.303 e. The van der Waals surface area contributed by atoms with Gasteiger partial charge in [-0.05, 0) is 31.9 Å². The summed E-state index contributed by atoms with van der Waals surface area (Å²) < 4.78 is 0. The van der Waals surface area contributed by atoms with Crippen LogP contribution in [0, 0.1) is 6.92 Å². The summed E-state index contributed by atoms with van der Waals surface area (Å²) in [4.78, 5) is 30.6. The van der Waals surface area contributed by atoms with Crippen molar-refractivity contribution in [2.75, 3.05) is 18.0 Å². The van der Waals surface area contributed by atoms with Crippen LogP contribution in [0.4, 0.5) is 5.95 Å². The van der Waals surface area contributed by atoms with Gasteiger partial charge in [-0.25, -0.2) is 19.9 Å². The van der Waals surface area contributed by atoms with Crippen LogP contribution < -0.4 is 4.90 Å². The summed E-state index contributed by atoms with van der Waals surface area (Å²) in [6, 6.07) is 3.77. The fraction of sp³-hybridized carbons (Fsp3) is 0.471. The van der Waals surface area contributed by atoms with Gasteiger partial charge in [-0.1, -0.05) is 0 Å². The predicted molar refractivity (Wildman–Crippen MR) is 88.9 cm³/mol. The Bertz CT molecular complexity index is 707. The van der Waals surface area contributed by atoms with Gasteiger partial charge in [-0.3, -0.25) is 4.79 Å². The zero-order chi connectivity index (χ0) is 16.9. The molecule has 126 valence electrons. The summed E-state index contributed by atoms with van der Waals surface area (Å²) in [6.07, 6.45) is 6.14. The van der Waals surface area contributed by atoms with Crippen LogP contribution in [0.1, 0.15) is 42.4 Å². The number of aryl methyl sites for hydroxylation is 2. The van der Waals surface area contributed by atoms with E-state index in [0.717, 1.165) is 43.3 Å². The fourth-order valence-electron chi connectivity index (χ4n) is 3.08. The Labute approximate surface area is 140 Å². The molecule has 2 aromatic heterocycles. The summed E-state index contributed by atoms with van der Waals surface area (Å²) in [5.41, 5.74) is 1.79. The summed E-state index contributed by atoms with van der Waals surface area (Å²) in [5, 5.41) is 8.86. The number of carbonyl (C=O) groups is 1. The zero-order valence-electron chi connectivity index (χ0n) is 13.7. The van der Waals surface area contributed by atoms with Gasteiger partial charge in [0, 0.05) is 49.2 Å². The maximum absolute atomic E-state index is 10.8. The SMILES string of the molecule is Cc1nc(CCC(=O)O)cc([C@H]2CCCN(c3ncccn3)C2)n1. The number of carboxylic acids is 1. The van der Waals surface area contributed by atoms with E-state index >= 15 is 0 Å². The van der Waals surface area contributed by atoms with Crippen molar-refractivity contribution in [3.05, 3.63) is 41.7 Å². The van der Waals surface area contributed by atoms with Gasteiger partial charge in [-0.15, -0.1) is 0 Å². The molecular formula is C17H21N5O2. The molecule has 1 N–H and O–H groups in total. The van der Waals surface area contributed by atoms with Gasteiger partial charge >= 0.3 is 5.97 Å². The normalized spacial score (nSPS) is 17.7. The van der Waals surface area contributed by atoms with Gasteiger partial charge in [0.2, 0.25) is 5.95 Å². The third kappa shape index (κ3) is 4.04. The van der Waals surface area contributed by atoms with Crippen LogP contribution in [-0.4, -0.2) is 44.1 Å². The van der Waals surface area contributed by atoms with Crippen molar-refractivity contribution >= 4 is 11.9 Å². The minimum absolute atomic E-state index is 0.0878. The third-order valence-corrected chi connectivity index (χ3v) is 4.18. The molecule has 0 aromatic carbocycles. The first-order valence-corrected chi connectivity index (χ1v) is 8.20. The zero-order valence-corrected chi connectivity index (χ0v) is 13.7. The average molecular weight is 327 g/mol. The summed E-state index contributed by atoms with van der Waals surface area (Å²) in [7, 11) is 0. The van der Waals surface area contributed by atoms with E-state index in [0.29, 0.717) is 12.2 Å². The van der Waals surface area contributed by atoms with E-state index < -0.39 is 5.97 Å². The summed E-state index contributed by atoms with van der Waals surface area (Å²) >= 11 is 0. The monoisotopic (exact) mass is 327 g/mol. The number of rotatable bonds is 5. The summed E-state index contributed by atoms with van der Waals surface area (Å²) in [5.74, 6) is 0.922. The number of aromatic nitrogens is 4. The lowest BCUT2D eigenvalue weighted by Gasteiger charge is -2.32. The standard InChI is InChI=1S/C17H21N5O2/c1-12-20-14(5-6-16(23)24)10-15(21-12)13-4-2-9-22(11-13)17-18-7-3-8-19-17/h3,7-8,10,13H,2,4-6,9,11H2,1H3,(H,23,24)/t13-/m0/s1. The Kier molecular flexibility index (Phi) is 4.98. The van der Waals surface area contributed by atoms with Gasteiger partial charge in [0.05, 0.1) is 6.42 Å². The third-order valence-electron chi connectivity index (χ3n) is 4.18. The molecular weight excluding hydrogens is 306 g/mol. The van der Waals surface area contributed by atoms with Gasteiger partial charge in [0.15, 0.2) is 0 Å². The average Bonchev–Trinajstić information content (AvgIpc) is 2.60. The van der Waals surface area contributed by atoms with Crippen molar-refractivity contribution in [1.29, 1.82) is 0 Å². The van der Waals surface area contributed by atoms with E-state index in [9.17, 15) is 4.79 Å². The maximum Gasteiger partial charge on any atom is 0.303 e. The van der Waals surface area contributed by atoms with E-state index in [1.807, 2.05) is 19.1 Å². The van der Waals surface area contributed by atoms with Crippen LogP contribution in [0.3, 0.4) is 0 Å². The Balaban J connectivity index is 1.76. The van der Waals surface area contributed by atoms with Crippen LogP contribution in [0.2, 0.25) is 0 Å². The van der Waals surface area contributed by atoms with Gasteiger partial charge < -0.3 is 10.0 Å². The number of anilines is 1. The molecule has 0 saturated carbocycles. The predicted octanol–water partition coefficient (Wildman–Crippen LogP) is 1.98. The Morgan fingerprint density at radius 1 is 1.33 bits per heavy atom. The lowest BCUT2D eigenvalue weighted by Crippen LogP contribution is -2.35. The molecule has 2 aromatic rings. The molecule has 24 heavy (non-hydrogen) atoms. The number of aliphatic carboxylic acids is 1. The van der Waals surface area contributed by atoms with Crippen molar-refractivity contribution in [2.24, 2.45) is 0 Å². The van der Waals surface area contributed by atoms with E-state index in [1.54, 1.807) is 12.4 Å². The van der Waals surface area contributed by atoms with Crippen molar-refractivity contribution in [3.8, 4) is 0 Å². The molecule has 0 amide bonds. The van der Waals surface area contributed by atoms with E-state index in [2.05, 4.69) is 24.8 Å². The molecule has 0 radical (unpaired) electrons. The highest BCUT2D eigenvalue weighted by atomic mass is 16.4. The van der Waals surface area contributed by atoms with Crippen LogP contribution in [0.25, 0.3) is 0 Å². The highest BCUT2D eigenvalue weighted by Gasteiger charge is 2.24. The molecule has 1 aliphatic heterocycles. The quantitative estimate of drug-likeness (QED) is 0.897. The fourth-order valence-corrected chi connectivity index (χ4v) is 3.08. The van der Waals surface area contributed by atoms with E-state index in [4.69, 9.17) is 5.11 Å². The molecule has 0 aliphatic carbocycles. The van der Waals surface area contributed by atoms with Crippen molar-refractivity contribution < 1.29 is 9.90 Å². The molecule has 7 nitrogen and oxygen atoms in total. The van der Waals surface area contributed by atoms with Gasteiger partial charge in [0.1, 0.15) is 5.82 Å². The minimum atomic E-state index is -0.808. The first-order chi connectivity index (χ1) is 11.6. The second-order valence-electron chi connectivity index (χ2n) is 6.06. The van der Waals surface area contributed by atoms with Crippen molar-refractivity contribution in [1.82, 2.24) is 19.9 Å². The second-order valence-corrected chi connectivity index (χ2v) is 6.06. The molecule has 3 heterocycles. The minimum Gasteiger partial charge on any atom is -0.481 e. The Morgan fingerprint density at radius 3 is 2.88 bits per heavy atom. The lowest BCUT2D eigenvalue weighted by atomic mass is 9.94. The number of piperidine rings is 1. The molecule has 3 rings (SSSR count). The lowest BCUT2D eigenvalue weighted by molar-refractivity contribution is -0.136. The van der Waals surface area contributed by atoms with E-state index in [-0.39, 0.29) is 12.3 Å². The molecule has 1 aliphatic rings. The number of hydrogen-bond acceptors (Lipinski definition) is 6. The van der Waals surface area contributed by atoms with Gasteiger partial charge in [0.25, 0.3) is 0 Å². The number of carboxylic acid groups (broad SMARTS) is 1.